The SMILES string of the molecule is CN1CCc2cc(Cl)c(O)cc2C(c2c(Cl)c(Cl)cc3c2OCC3)C1. The van der Waals surface area contributed by atoms with Crippen molar-refractivity contribution in [2.24, 2.45) is 0 Å². The highest BCUT2D eigenvalue weighted by molar-refractivity contribution is 6.42. The molecule has 0 aromatic heterocycles. The fraction of sp³-hybridized carbons (Fsp3) is 0.368. The molecule has 3 nitrogen and oxygen atoms in total. The van der Waals surface area contributed by atoms with Gasteiger partial charge in [-0.1, -0.05) is 34.8 Å². The third kappa shape index (κ3) is 2.97. The predicted octanol–water partition coefficient (Wildman–Crippen LogP) is 4.91. The van der Waals surface area contributed by atoms with Crippen LogP contribution in [-0.2, 0) is 12.8 Å². The summed E-state index contributed by atoms with van der Waals surface area (Å²) in [4.78, 5) is 2.26. The molecule has 132 valence electrons. The molecule has 6 heteroatoms. The maximum Gasteiger partial charge on any atom is 0.134 e. The molecule has 0 aliphatic carbocycles. The highest BCUT2D eigenvalue weighted by Crippen LogP contribution is 2.47. The Hall–Kier alpha value is -1.13. The van der Waals surface area contributed by atoms with Gasteiger partial charge in [0.25, 0.3) is 0 Å². The lowest BCUT2D eigenvalue weighted by Gasteiger charge is -2.25. The van der Waals surface area contributed by atoms with E-state index in [1.54, 1.807) is 6.07 Å². The van der Waals surface area contributed by atoms with Crippen molar-refractivity contribution >= 4 is 34.8 Å². The second-order valence-corrected chi connectivity index (χ2v) is 7.93. The monoisotopic (exact) mass is 397 g/mol. The fourth-order valence-electron chi connectivity index (χ4n) is 3.83. The maximum absolute atomic E-state index is 10.2. The molecule has 2 aliphatic heterocycles. The summed E-state index contributed by atoms with van der Waals surface area (Å²) in [7, 11) is 2.08. The first kappa shape index (κ1) is 17.3. The number of ether oxygens (including phenoxy) is 1. The number of hydrogen-bond acceptors (Lipinski definition) is 3. The molecule has 1 atom stereocenters. The van der Waals surface area contributed by atoms with Crippen molar-refractivity contribution in [2.45, 2.75) is 18.8 Å². The van der Waals surface area contributed by atoms with Gasteiger partial charge in [-0.25, -0.2) is 0 Å². The number of halogens is 3. The van der Waals surface area contributed by atoms with Crippen LogP contribution in [0.4, 0.5) is 0 Å². The van der Waals surface area contributed by atoms with Crippen LogP contribution in [0, 0.1) is 0 Å². The van der Waals surface area contributed by atoms with Crippen molar-refractivity contribution in [1.82, 2.24) is 4.90 Å². The Morgan fingerprint density at radius 3 is 2.64 bits per heavy atom. The molecular weight excluding hydrogens is 381 g/mol. The fourth-order valence-corrected chi connectivity index (χ4v) is 4.52. The minimum atomic E-state index is -0.0382. The van der Waals surface area contributed by atoms with E-state index in [1.165, 1.54) is 0 Å². The van der Waals surface area contributed by atoms with Crippen LogP contribution in [0.1, 0.15) is 28.2 Å². The number of phenolic OH excluding ortho intramolecular Hbond substituents is 1. The Kier molecular flexibility index (Phi) is 4.53. The van der Waals surface area contributed by atoms with Gasteiger partial charge in [-0.2, -0.15) is 0 Å². The highest BCUT2D eigenvalue weighted by atomic mass is 35.5. The van der Waals surface area contributed by atoms with Crippen molar-refractivity contribution in [3.05, 3.63) is 55.5 Å². The van der Waals surface area contributed by atoms with E-state index < -0.39 is 0 Å². The first-order chi connectivity index (χ1) is 12.0. The lowest BCUT2D eigenvalue weighted by atomic mass is 9.86. The molecule has 0 spiro atoms. The quantitative estimate of drug-likeness (QED) is 0.741. The average Bonchev–Trinajstić information content (AvgIpc) is 2.96. The van der Waals surface area contributed by atoms with Gasteiger partial charge >= 0.3 is 0 Å². The first-order valence-corrected chi connectivity index (χ1v) is 9.42. The van der Waals surface area contributed by atoms with Crippen LogP contribution in [0.15, 0.2) is 18.2 Å². The zero-order valence-electron chi connectivity index (χ0n) is 13.8. The molecule has 1 N–H and O–H groups in total. The van der Waals surface area contributed by atoms with Crippen LogP contribution in [-0.4, -0.2) is 36.8 Å². The van der Waals surface area contributed by atoms with Crippen LogP contribution in [0.25, 0.3) is 0 Å². The Morgan fingerprint density at radius 1 is 1.08 bits per heavy atom. The zero-order valence-corrected chi connectivity index (χ0v) is 16.0. The number of benzene rings is 2. The largest absolute Gasteiger partial charge is 0.506 e. The van der Waals surface area contributed by atoms with Crippen LogP contribution < -0.4 is 4.74 Å². The summed E-state index contributed by atoms with van der Waals surface area (Å²) in [6.07, 6.45) is 1.70. The van der Waals surface area contributed by atoms with Gasteiger partial charge in [-0.05, 0) is 48.4 Å². The van der Waals surface area contributed by atoms with E-state index in [-0.39, 0.29) is 11.7 Å². The maximum atomic E-state index is 10.2. The molecule has 0 amide bonds. The molecule has 0 bridgehead atoms. The molecule has 1 unspecified atom stereocenters. The summed E-state index contributed by atoms with van der Waals surface area (Å²) in [5, 5.41) is 11.6. The van der Waals surface area contributed by atoms with Gasteiger partial charge in [-0.15, -0.1) is 0 Å². The number of fused-ring (bicyclic) bond motifs is 2. The summed E-state index contributed by atoms with van der Waals surface area (Å²) < 4.78 is 5.91. The molecule has 25 heavy (non-hydrogen) atoms. The van der Waals surface area contributed by atoms with E-state index in [4.69, 9.17) is 39.5 Å². The van der Waals surface area contributed by atoms with Gasteiger partial charge in [0.15, 0.2) is 0 Å². The van der Waals surface area contributed by atoms with Crippen molar-refractivity contribution in [2.75, 3.05) is 26.7 Å². The van der Waals surface area contributed by atoms with Gasteiger partial charge in [0, 0.05) is 31.0 Å². The number of nitrogens with zero attached hydrogens (tertiary/aromatic N) is 1. The number of likely N-dealkylation sites (N-methyl/N-ethyl adjacent to an activating group) is 1. The molecule has 0 saturated heterocycles. The van der Waals surface area contributed by atoms with E-state index in [9.17, 15) is 5.11 Å². The van der Waals surface area contributed by atoms with Crippen LogP contribution in [0.5, 0.6) is 11.5 Å². The van der Waals surface area contributed by atoms with Crippen molar-refractivity contribution in [3.63, 3.8) is 0 Å². The number of aromatic hydroxyl groups is 1. The van der Waals surface area contributed by atoms with Crippen LogP contribution in [0.2, 0.25) is 15.1 Å². The molecular formula is C19H18Cl3NO2. The van der Waals surface area contributed by atoms with Gasteiger partial charge in [0.2, 0.25) is 0 Å². The number of rotatable bonds is 1. The minimum absolute atomic E-state index is 0.0382. The molecule has 2 heterocycles. The predicted molar refractivity (Wildman–Crippen MR) is 102 cm³/mol. The van der Waals surface area contributed by atoms with Gasteiger partial charge in [0.1, 0.15) is 11.5 Å². The summed E-state index contributed by atoms with van der Waals surface area (Å²) in [5.41, 5.74) is 4.17. The minimum Gasteiger partial charge on any atom is -0.506 e. The lowest BCUT2D eigenvalue weighted by Crippen LogP contribution is -2.24. The molecule has 0 fully saturated rings. The second kappa shape index (κ2) is 6.55. The van der Waals surface area contributed by atoms with Crippen LogP contribution >= 0.6 is 34.8 Å². The van der Waals surface area contributed by atoms with Gasteiger partial charge in [0.05, 0.1) is 21.7 Å². The van der Waals surface area contributed by atoms with Gasteiger partial charge in [-0.3, -0.25) is 0 Å². The molecule has 2 aliphatic rings. The zero-order chi connectivity index (χ0) is 17.7. The third-order valence-corrected chi connectivity index (χ3v) is 6.20. The normalized spacial score (nSPS) is 19.9. The van der Waals surface area contributed by atoms with E-state index in [2.05, 4.69) is 11.9 Å². The van der Waals surface area contributed by atoms with E-state index in [1.807, 2.05) is 12.1 Å². The van der Waals surface area contributed by atoms with Crippen LogP contribution in [0.3, 0.4) is 0 Å². The molecule has 0 radical (unpaired) electrons. The molecule has 2 aromatic rings. The van der Waals surface area contributed by atoms with Gasteiger partial charge < -0.3 is 14.7 Å². The smallest absolute Gasteiger partial charge is 0.134 e. The standard InChI is InChI=1S/C19H18Cl3NO2/c1-23-4-2-10-6-14(20)16(24)8-12(10)13(9-23)17-18(22)15(21)7-11-3-5-25-19(11)17/h6-8,13,24H,2-5,9H2,1H3. The third-order valence-electron chi connectivity index (χ3n) is 5.09. The van der Waals surface area contributed by atoms with E-state index in [0.29, 0.717) is 21.7 Å². The summed E-state index contributed by atoms with van der Waals surface area (Å²) in [6.45, 7) is 2.32. The first-order valence-electron chi connectivity index (χ1n) is 8.29. The Labute approximate surface area is 162 Å². The van der Waals surface area contributed by atoms with E-state index >= 15 is 0 Å². The van der Waals surface area contributed by atoms with Crippen molar-refractivity contribution in [3.8, 4) is 11.5 Å². The summed E-state index contributed by atoms with van der Waals surface area (Å²) in [5.74, 6) is 0.893. The molecule has 2 aromatic carbocycles. The van der Waals surface area contributed by atoms with E-state index in [0.717, 1.165) is 53.9 Å². The summed E-state index contributed by atoms with van der Waals surface area (Å²) >= 11 is 19.2. The van der Waals surface area contributed by atoms with Crippen molar-refractivity contribution in [1.29, 1.82) is 0 Å². The Bertz CT molecular complexity index is 853. The topological polar surface area (TPSA) is 32.7 Å². The van der Waals surface area contributed by atoms with Crippen molar-refractivity contribution < 1.29 is 9.84 Å². The number of phenols is 1. The Balaban J connectivity index is 1.95. The highest BCUT2D eigenvalue weighted by Gasteiger charge is 2.32. The summed E-state index contributed by atoms with van der Waals surface area (Å²) in [6, 6.07) is 5.52. The molecule has 0 saturated carbocycles. The molecule has 4 rings (SSSR count). The second-order valence-electron chi connectivity index (χ2n) is 6.74. The average molecular weight is 399 g/mol. The lowest BCUT2D eigenvalue weighted by molar-refractivity contribution is 0.327. The number of hydrogen-bond donors (Lipinski definition) is 1. The Morgan fingerprint density at radius 2 is 1.84 bits per heavy atom.